The summed E-state index contributed by atoms with van der Waals surface area (Å²) in [4.78, 5) is 59.4. The lowest BCUT2D eigenvalue weighted by Gasteiger charge is -2.33. The van der Waals surface area contributed by atoms with Crippen LogP contribution >= 0.6 is 0 Å². The minimum Gasteiger partial charge on any atom is -0.497 e. The number of carbonyl (C=O) groups is 4. The number of hydrogen-bond donors (Lipinski definition) is 2. The highest BCUT2D eigenvalue weighted by molar-refractivity contribution is 6.00. The zero-order valence-electron chi connectivity index (χ0n) is 34.2. The molecule has 0 radical (unpaired) electrons. The predicted molar refractivity (Wildman–Crippen MR) is 221 cm³/mol. The van der Waals surface area contributed by atoms with Crippen LogP contribution in [-0.2, 0) is 9.59 Å². The van der Waals surface area contributed by atoms with Crippen LogP contribution in [0.5, 0.6) is 5.75 Å². The van der Waals surface area contributed by atoms with Gasteiger partial charge in [-0.15, -0.1) is 0 Å². The highest BCUT2D eigenvalue weighted by Crippen LogP contribution is 2.31. The van der Waals surface area contributed by atoms with E-state index in [1.807, 2.05) is 82.3 Å². The maximum absolute atomic E-state index is 14.7. The second-order valence-corrected chi connectivity index (χ2v) is 16.0. The number of nitrogens with one attached hydrogen (secondary N) is 2. The number of aryl methyl sites for hydroxylation is 1. The molecule has 9 heteroatoms. The topological polar surface area (TPSA) is 108 Å². The number of fused-ring (bicyclic) bond motifs is 5. The third-order valence-corrected chi connectivity index (χ3v) is 10.2. The Labute approximate surface area is 329 Å². The van der Waals surface area contributed by atoms with E-state index >= 15 is 0 Å². The van der Waals surface area contributed by atoms with Crippen molar-refractivity contribution in [3.63, 3.8) is 0 Å². The largest absolute Gasteiger partial charge is 0.497 e. The molecule has 3 aromatic rings. The monoisotopic (exact) mass is 752 g/mol. The number of carbonyl (C=O) groups excluding carboxylic acids is 4. The molecule has 0 saturated heterocycles. The van der Waals surface area contributed by atoms with Gasteiger partial charge in [-0.05, 0) is 106 Å². The van der Waals surface area contributed by atoms with Crippen LogP contribution < -0.4 is 15.4 Å². The number of amides is 4. The van der Waals surface area contributed by atoms with Crippen LogP contribution in [0.3, 0.4) is 0 Å². The molecule has 1 unspecified atom stereocenters. The average molecular weight is 753 g/mol. The second kappa shape index (κ2) is 21.4. The molecule has 0 aliphatic carbocycles. The smallest absolute Gasteiger partial charge is 0.254 e. The molecule has 1 aliphatic heterocycles. The molecule has 1 atom stereocenters. The van der Waals surface area contributed by atoms with Gasteiger partial charge in [0.15, 0.2) is 0 Å². The summed E-state index contributed by atoms with van der Waals surface area (Å²) >= 11 is 0. The summed E-state index contributed by atoms with van der Waals surface area (Å²) in [6, 6.07) is 19.4. The lowest BCUT2D eigenvalue weighted by atomic mass is 9.96. The van der Waals surface area contributed by atoms with Gasteiger partial charge in [0, 0.05) is 36.3 Å². The van der Waals surface area contributed by atoms with Gasteiger partial charge in [-0.25, -0.2) is 0 Å². The van der Waals surface area contributed by atoms with Crippen molar-refractivity contribution in [2.45, 2.75) is 123 Å². The van der Waals surface area contributed by atoms with Crippen molar-refractivity contribution in [2.75, 3.05) is 33.3 Å². The number of benzene rings is 3. The molecule has 4 rings (SSSR count). The molecular weight excluding hydrogens is 689 g/mol. The number of unbranched alkanes of at least 4 members (excludes halogenated alkanes) is 9. The van der Waals surface area contributed by atoms with Gasteiger partial charge in [0.25, 0.3) is 11.8 Å². The van der Waals surface area contributed by atoms with Gasteiger partial charge < -0.3 is 25.2 Å². The SMILES string of the molecule is CCCCCCCCCCCCNC(=O)C(c1ccc(OC)cc1C)N1CCCCN(CC(=O)NC(C)(C)C)C(=O)c2cccc(c2)-c2cccc(c2)C1=O. The zero-order valence-corrected chi connectivity index (χ0v) is 34.2. The summed E-state index contributed by atoms with van der Waals surface area (Å²) < 4.78 is 5.49. The van der Waals surface area contributed by atoms with Crippen LogP contribution in [-0.4, -0.2) is 72.3 Å². The molecule has 0 fully saturated rings. The Hall–Kier alpha value is -4.66. The molecular formula is C46H64N4O5. The third kappa shape index (κ3) is 13.3. The molecule has 1 heterocycles. The van der Waals surface area contributed by atoms with Gasteiger partial charge in [-0.3, -0.25) is 19.2 Å². The van der Waals surface area contributed by atoms with Gasteiger partial charge in [0.2, 0.25) is 11.8 Å². The van der Waals surface area contributed by atoms with Crippen molar-refractivity contribution in [1.82, 2.24) is 20.4 Å². The molecule has 298 valence electrons. The molecule has 3 aromatic carbocycles. The van der Waals surface area contributed by atoms with E-state index in [4.69, 9.17) is 4.74 Å². The molecule has 0 saturated carbocycles. The fraction of sp³-hybridized carbons (Fsp3) is 0.522. The minimum atomic E-state index is -0.892. The molecule has 4 bridgehead atoms. The Bertz CT molecular complexity index is 1730. The van der Waals surface area contributed by atoms with E-state index in [2.05, 4.69) is 17.6 Å². The van der Waals surface area contributed by atoms with Crippen molar-refractivity contribution in [3.8, 4) is 16.9 Å². The molecule has 2 N–H and O–H groups in total. The van der Waals surface area contributed by atoms with E-state index in [1.165, 1.54) is 44.9 Å². The first-order chi connectivity index (χ1) is 26.4. The van der Waals surface area contributed by atoms with Crippen molar-refractivity contribution in [1.29, 1.82) is 0 Å². The first-order valence-corrected chi connectivity index (χ1v) is 20.5. The third-order valence-electron chi connectivity index (χ3n) is 10.2. The molecule has 4 amide bonds. The van der Waals surface area contributed by atoms with Gasteiger partial charge in [0.1, 0.15) is 11.8 Å². The Balaban J connectivity index is 1.62. The van der Waals surface area contributed by atoms with Crippen LogP contribution in [0.4, 0.5) is 0 Å². The molecule has 1 aliphatic rings. The number of nitrogens with zero attached hydrogens (tertiary/aromatic N) is 2. The highest BCUT2D eigenvalue weighted by atomic mass is 16.5. The highest BCUT2D eigenvalue weighted by Gasteiger charge is 2.33. The number of ether oxygens (including phenoxy) is 1. The van der Waals surface area contributed by atoms with Crippen molar-refractivity contribution >= 4 is 23.6 Å². The van der Waals surface area contributed by atoms with E-state index in [-0.39, 0.29) is 36.7 Å². The Kier molecular flexibility index (Phi) is 16.8. The summed E-state index contributed by atoms with van der Waals surface area (Å²) in [7, 11) is 1.61. The summed E-state index contributed by atoms with van der Waals surface area (Å²) in [5.74, 6) is -0.268. The fourth-order valence-electron chi connectivity index (χ4n) is 7.28. The van der Waals surface area contributed by atoms with Crippen molar-refractivity contribution in [3.05, 3.63) is 89.0 Å². The predicted octanol–water partition coefficient (Wildman–Crippen LogP) is 9.04. The Morgan fingerprint density at radius 1 is 0.745 bits per heavy atom. The van der Waals surface area contributed by atoms with E-state index in [9.17, 15) is 19.2 Å². The number of rotatable bonds is 17. The van der Waals surface area contributed by atoms with E-state index in [0.29, 0.717) is 42.8 Å². The van der Waals surface area contributed by atoms with E-state index in [1.54, 1.807) is 29.0 Å². The Morgan fingerprint density at radius 3 is 1.89 bits per heavy atom. The van der Waals surface area contributed by atoms with Crippen LogP contribution in [0.15, 0.2) is 66.7 Å². The molecule has 0 spiro atoms. The number of methoxy groups -OCH3 is 1. The van der Waals surface area contributed by atoms with Gasteiger partial charge in [0.05, 0.1) is 13.7 Å². The van der Waals surface area contributed by atoms with Gasteiger partial charge in [-0.2, -0.15) is 0 Å². The van der Waals surface area contributed by atoms with Crippen LogP contribution in [0.25, 0.3) is 11.1 Å². The van der Waals surface area contributed by atoms with Gasteiger partial charge >= 0.3 is 0 Å². The maximum atomic E-state index is 14.7. The standard InChI is InChI=1S/C46H64N4O5/c1-7-8-9-10-11-12-13-14-15-16-27-47-43(52)42(40-26-25-39(55-6)30-34(40)2)50-29-18-17-28-49(33-41(51)48-46(3,4)5)44(53)37-23-19-21-35(31-37)36-22-20-24-38(32-36)45(50)54/h19-26,30-32,42H,7-18,27-29,33H2,1-6H3,(H,47,52)(H,48,51). The van der Waals surface area contributed by atoms with Gasteiger partial charge in [-0.1, -0.05) is 95.0 Å². The summed E-state index contributed by atoms with van der Waals surface area (Å²) in [5.41, 5.74) is 3.62. The minimum absolute atomic E-state index is 0.0898. The summed E-state index contributed by atoms with van der Waals surface area (Å²) in [6.45, 7) is 10.9. The van der Waals surface area contributed by atoms with Crippen LogP contribution in [0.1, 0.15) is 143 Å². The number of hydrogen-bond acceptors (Lipinski definition) is 5. The lowest BCUT2D eigenvalue weighted by Crippen LogP contribution is -2.47. The molecule has 0 aromatic heterocycles. The second-order valence-electron chi connectivity index (χ2n) is 16.0. The lowest BCUT2D eigenvalue weighted by molar-refractivity contribution is -0.126. The first-order valence-electron chi connectivity index (χ1n) is 20.5. The fourth-order valence-corrected chi connectivity index (χ4v) is 7.28. The van der Waals surface area contributed by atoms with E-state index in [0.717, 1.165) is 41.5 Å². The summed E-state index contributed by atoms with van der Waals surface area (Å²) in [5, 5.41) is 6.16. The maximum Gasteiger partial charge on any atom is 0.254 e. The first kappa shape index (κ1) is 43.1. The normalized spacial score (nSPS) is 14.3. The van der Waals surface area contributed by atoms with Crippen LogP contribution in [0.2, 0.25) is 0 Å². The van der Waals surface area contributed by atoms with Crippen molar-refractivity contribution in [2.24, 2.45) is 0 Å². The van der Waals surface area contributed by atoms with Crippen LogP contribution in [0, 0.1) is 6.92 Å². The molecule has 9 nitrogen and oxygen atoms in total. The molecule has 55 heavy (non-hydrogen) atoms. The zero-order chi connectivity index (χ0) is 39.8. The van der Waals surface area contributed by atoms with Crippen molar-refractivity contribution < 1.29 is 23.9 Å². The Morgan fingerprint density at radius 2 is 1.31 bits per heavy atom. The summed E-state index contributed by atoms with van der Waals surface area (Å²) in [6.07, 6.45) is 13.1. The quantitative estimate of drug-likeness (QED) is 0.134. The average Bonchev–Trinajstić information content (AvgIpc) is 3.16. The van der Waals surface area contributed by atoms with E-state index < -0.39 is 11.6 Å².